The largest absolute Gasteiger partial charge is 0.491 e. The maximum Gasteiger partial charge on any atom is 0.433 e. The van der Waals surface area contributed by atoms with Gasteiger partial charge in [-0.05, 0) is 31.5 Å². The predicted molar refractivity (Wildman–Crippen MR) is 121 cm³/mol. The molecule has 3 heterocycles. The first-order valence-corrected chi connectivity index (χ1v) is 11.2. The van der Waals surface area contributed by atoms with Gasteiger partial charge in [0.25, 0.3) is 5.56 Å². The highest BCUT2D eigenvalue weighted by Crippen LogP contribution is 2.32. The zero-order valence-electron chi connectivity index (χ0n) is 19.7. The van der Waals surface area contributed by atoms with Gasteiger partial charge in [-0.1, -0.05) is 20.8 Å². The number of rotatable bonds is 7. The summed E-state index contributed by atoms with van der Waals surface area (Å²) < 4.78 is 46.9. The molecule has 10 heteroatoms. The maximum absolute atomic E-state index is 13.4. The van der Waals surface area contributed by atoms with Crippen LogP contribution in [0, 0.1) is 0 Å². The summed E-state index contributed by atoms with van der Waals surface area (Å²) in [6.07, 6.45) is -0.983. The number of unbranched alkanes of at least 4 members (excludes halogenated alkanes) is 1. The molecule has 3 rings (SSSR count). The van der Waals surface area contributed by atoms with E-state index in [0.717, 1.165) is 38.5 Å². The Labute approximate surface area is 192 Å². The number of methoxy groups -OCH3 is 1. The van der Waals surface area contributed by atoms with Gasteiger partial charge in [0.1, 0.15) is 17.3 Å². The van der Waals surface area contributed by atoms with Gasteiger partial charge in [-0.15, -0.1) is 0 Å². The summed E-state index contributed by atoms with van der Waals surface area (Å²) in [5.41, 5.74) is -1.61. The van der Waals surface area contributed by atoms with Crippen LogP contribution in [-0.2, 0) is 18.1 Å². The molecule has 182 valence electrons. The molecule has 0 aromatic carbocycles. The van der Waals surface area contributed by atoms with E-state index in [1.54, 1.807) is 22.9 Å². The zero-order valence-corrected chi connectivity index (χ0v) is 19.7. The van der Waals surface area contributed by atoms with Crippen molar-refractivity contribution in [1.82, 2.24) is 19.4 Å². The average Bonchev–Trinajstić information content (AvgIpc) is 2.76. The fourth-order valence-corrected chi connectivity index (χ4v) is 3.74. The summed E-state index contributed by atoms with van der Waals surface area (Å²) in [5.74, 6) is 0.864. The minimum Gasteiger partial charge on any atom is -0.491 e. The maximum atomic E-state index is 13.4. The molecule has 2 aromatic heterocycles. The van der Waals surface area contributed by atoms with Crippen molar-refractivity contribution in [2.75, 3.05) is 44.7 Å². The van der Waals surface area contributed by atoms with E-state index in [1.807, 2.05) is 25.7 Å². The van der Waals surface area contributed by atoms with Crippen LogP contribution in [0.15, 0.2) is 29.2 Å². The minimum atomic E-state index is -4.51. The quantitative estimate of drug-likeness (QED) is 0.581. The smallest absolute Gasteiger partial charge is 0.433 e. The lowest BCUT2D eigenvalue weighted by atomic mass is 9.95. The van der Waals surface area contributed by atoms with Crippen LogP contribution in [0.1, 0.15) is 45.1 Å². The highest BCUT2D eigenvalue weighted by molar-refractivity contribution is 5.42. The standard InChI is InChI=1S/C23H32F3N5O2/c1-22(2,3)21-27-18(23(24,25)26)16-19(28-21)30-14-12-29(13-15-30)9-5-6-10-31-11-7-8-17(33-4)20(31)32/h7-8,11,16H,5-6,9-10,12-15H2,1-4H3. The normalized spacial score (nSPS) is 15.7. The van der Waals surface area contributed by atoms with Crippen molar-refractivity contribution in [3.63, 3.8) is 0 Å². The second-order valence-corrected chi connectivity index (χ2v) is 9.29. The van der Waals surface area contributed by atoms with Crippen LogP contribution >= 0.6 is 0 Å². The number of nitrogens with zero attached hydrogens (tertiary/aromatic N) is 5. The van der Waals surface area contributed by atoms with Gasteiger partial charge >= 0.3 is 6.18 Å². The van der Waals surface area contributed by atoms with E-state index in [9.17, 15) is 18.0 Å². The Balaban J connectivity index is 1.54. The Morgan fingerprint density at radius 2 is 1.70 bits per heavy atom. The van der Waals surface area contributed by atoms with E-state index in [1.165, 1.54) is 7.11 Å². The Hall–Kier alpha value is -2.62. The van der Waals surface area contributed by atoms with Crippen molar-refractivity contribution >= 4 is 5.82 Å². The Bertz CT molecular complexity index is 961. The number of halogens is 3. The molecule has 1 aliphatic heterocycles. The second-order valence-electron chi connectivity index (χ2n) is 9.29. The number of hydrogen-bond donors (Lipinski definition) is 0. The third-order valence-corrected chi connectivity index (χ3v) is 5.70. The highest BCUT2D eigenvalue weighted by atomic mass is 19.4. The predicted octanol–water partition coefficient (Wildman–Crippen LogP) is 3.57. The fourth-order valence-electron chi connectivity index (χ4n) is 3.74. The summed E-state index contributed by atoms with van der Waals surface area (Å²) in [6.45, 7) is 9.62. The number of aromatic nitrogens is 3. The molecule has 1 fully saturated rings. The number of hydrogen-bond acceptors (Lipinski definition) is 6. The van der Waals surface area contributed by atoms with E-state index in [4.69, 9.17) is 4.74 Å². The van der Waals surface area contributed by atoms with Crippen LogP contribution in [0.25, 0.3) is 0 Å². The molecule has 1 aliphatic rings. The van der Waals surface area contributed by atoms with Gasteiger partial charge in [-0.2, -0.15) is 13.2 Å². The zero-order chi connectivity index (χ0) is 24.2. The molecule has 0 amide bonds. The Morgan fingerprint density at radius 3 is 2.30 bits per heavy atom. The summed E-state index contributed by atoms with van der Waals surface area (Å²) in [4.78, 5) is 24.6. The van der Waals surface area contributed by atoms with Gasteiger partial charge < -0.3 is 14.2 Å². The molecule has 0 aliphatic carbocycles. The third-order valence-electron chi connectivity index (χ3n) is 5.70. The van der Waals surface area contributed by atoms with Gasteiger partial charge in [0.2, 0.25) is 0 Å². The van der Waals surface area contributed by atoms with Crippen molar-refractivity contribution in [2.45, 2.75) is 51.7 Å². The lowest BCUT2D eigenvalue weighted by Crippen LogP contribution is -2.47. The first kappa shape index (κ1) is 25.0. The van der Waals surface area contributed by atoms with Crippen molar-refractivity contribution in [2.24, 2.45) is 0 Å². The van der Waals surface area contributed by atoms with Crippen molar-refractivity contribution < 1.29 is 17.9 Å². The van der Waals surface area contributed by atoms with Gasteiger partial charge in [0, 0.05) is 50.4 Å². The number of piperazine rings is 1. The lowest BCUT2D eigenvalue weighted by molar-refractivity contribution is -0.141. The summed E-state index contributed by atoms with van der Waals surface area (Å²) in [6, 6.07) is 4.50. The average molecular weight is 468 g/mol. The SMILES string of the molecule is COc1cccn(CCCCN2CCN(c3cc(C(F)(F)F)nc(C(C)(C)C)n3)CC2)c1=O. The van der Waals surface area contributed by atoms with Crippen molar-refractivity contribution in [3.8, 4) is 5.75 Å². The van der Waals surface area contributed by atoms with E-state index < -0.39 is 17.3 Å². The number of aryl methyl sites for hydroxylation is 1. The first-order valence-electron chi connectivity index (χ1n) is 11.2. The van der Waals surface area contributed by atoms with E-state index >= 15 is 0 Å². The summed E-state index contributed by atoms with van der Waals surface area (Å²) in [7, 11) is 1.48. The molecule has 0 unspecified atom stereocenters. The van der Waals surface area contributed by atoms with Crippen LogP contribution in [0.3, 0.4) is 0 Å². The van der Waals surface area contributed by atoms with Gasteiger partial charge in [0.05, 0.1) is 7.11 Å². The third kappa shape index (κ3) is 6.46. The van der Waals surface area contributed by atoms with E-state index in [2.05, 4.69) is 14.9 Å². The van der Waals surface area contributed by atoms with Gasteiger partial charge in [0.15, 0.2) is 5.75 Å². The van der Waals surface area contributed by atoms with Crippen LogP contribution < -0.4 is 15.2 Å². The molecular weight excluding hydrogens is 435 g/mol. The van der Waals surface area contributed by atoms with Crippen molar-refractivity contribution in [3.05, 3.63) is 46.3 Å². The Morgan fingerprint density at radius 1 is 1.03 bits per heavy atom. The lowest BCUT2D eigenvalue weighted by Gasteiger charge is -2.36. The molecule has 0 bridgehead atoms. The number of ether oxygens (including phenoxy) is 1. The minimum absolute atomic E-state index is 0.133. The molecule has 0 saturated carbocycles. The van der Waals surface area contributed by atoms with Crippen LogP contribution in [0.2, 0.25) is 0 Å². The molecular formula is C23H32F3N5O2. The first-order chi connectivity index (χ1) is 15.5. The molecule has 0 N–H and O–H groups in total. The molecule has 33 heavy (non-hydrogen) atoms. The van der Waals surface area contributed by atoms with E-state index in [0.29, 0.717) is 31.2 Å². The number of anilines is 1. The molecule has 2 aromatic rings. The van der Waals surface area contributed by atoms with Crippen LogP contribution in [-0.4, -0.2) is 59.3 Å². The number of pyridine rings is 1. The molecule has 0 radical (unpaired) electrons. The van der Waals surface area contributed by atoms with Gasteiger partial charge in [-0.25, -0.2) is 9.97 Å². The van der Waals surface area contributed by atoms with Crippen molar-refractivity contribution in [1.29, 1.82) is 0 Å². The highest BCUT2D eigenvalue weighted by Gasteiger charge is 2.35. The molecule has 1 saturated heterocycles. The number of alkyl halides is 3. The summed E-state index contributed by atoms with van der Waals surface area (Å²) >= 11 is 0. The summed E-state index contributed by atoms with van der Waals surface area (Å²) in [5, 5.41) is 0. The molecule has 7 nitrogen and oxygen atoms in total. The monoisotopic (exact) mass is 467 g/mol. The molecule has 0 spiro atoms. The van der Waals surface area contributed by atoms with Crippen LogP contribution in [0.5, 0.6) is 5.75 Å². The fraction of sp³-hybridized carbons (Fsp3) is 0.609. The van der Waals surface area contributed by atoms with E-state index in [-0.39, 0.29) is 11.4 Å². The second kappa shape index (κ2) is 10.1. The topological polar surface area (TPSA) is 63.5 Å². The Kier molecular flexibility index (Phi) is 7.66. The van der Waals surface area contributed by atoms with Gasteiger partial charge in [-0.3, -0.25) is 9.69 Å². The van der Waals surface area contributed by atoms with Crippen LogP contribution in [0.4, 0.5) is 19.0 Å². The molecule has 0 atom stereocenters.